The summed E-state index contributed by atoms with van der Waals surface area (Å²) in [5.74, 6) is 0. The third-order valence-electron chi connectivity index (χ3n) is 0. The van der Waals surface area contributed by atoms with Gasteiger partial charge < -0.3 is 0 Å². The Kier molecular flexibility index (Phi) is 92.9. The van der Waals surface area contributed by atoms with Gasteiger partial charge in [-0.05, 0) is 0 Å². The summed E-state index contributed by atoms with van der Waals surface area (Å²) in [5, 5.41) is 0. The molecule has 23 valence electrons. The topological polar surface area (TPSA) is 0 Å². The fourth-order valence-electron chi connectivity index (χ4n) is 0. The van der Waals surface area contributed by atoms with Gasteiger partial charge in [0, 0.05) is 27.0 Å². The van der Waals surface area contributed by atoms with Gasteiger partial charge in [0.15, 0.2) is 0 Å². The predicted octanol–water partition coefficient (Wildman–Crippen LogP) is -1.51. The van der Waals surface area contributed by atoms with Gasteiger partial charge in [-0.15, -0.1) is 0 Å². The third kappa shape index (κ3) is 9.24. The van der Waals surface area contributed by atoms with E-state index in [2.05, 4.69) is 8.79 Å². The molecular formula is H6LiMnPSi. The van der Waals surface area contributed by atoms with E-state index in [4.69, 9.17) is 0 Å². The van der Waals surface area contributed by atoms with Crippen LogP contribution in [0.15, 0.2) is 0 Å². The molecule has 0 nitrogen and oxygen atoms in total. The van der Waals surface area contributed by atoms with Crippen LogP contribution in [0, 0.1) is 0 Å². The second-order valence-electron chi connectivity index (χ2n) is 0. The summed E-state index contributed by atoms with van der Waals surface area (Å²) in [5.41, 5.74) is 0. The van der Waals surface area contributed by atoms with Crippen LogP contribution in [0.1, 0.15) is 0 Å². The summed E-state index contributed by atoms with van der Waals surface area (Å²) >= 11 is 0. The van der Waals surface area contributed by atoms with Gasteiger partial charge in [-0.1, -0.05) is 0 Å². The van der Waals surface area contributed by atoms with Gasteiger partial charge in [0.05, 0.1) is 0 Å². The summed E-state index contributed by atoms with van der Waals surface area (Å²) in [6.45, 7) is 0. The molecule has 0 saturated heterocycles. The molecule has 0 aromatic carbocycles. The summed E-state index contributed by atoms with van der Waals surface area (Å²) in [6, 6.07) is 0. The van der Waals surface area contributed by atoms with E-state index in [1.165, 1.54) is 9.91 Å². The Morgan fingerprint density at radius 2 is 1.25 bits per heavy atom. The molecule has 1 radical (unpaired) electrons. The zero-order valence-corrected chi connectivity index (χ0v) is 6.29. The summed E-state index contributed by atoms with van der Waals surface area (Å²) in [7, 11) is 3.78. The fourth-order valence-corrected chi connectivity index (χ4v) is 0. The van der Waals surface area contributed by atoms with Crippen LogP contribution in [0.4, 0.5) is 0 Å². The van der Waals surface area contributed by atoms with E-state index in [1.807, 2.05) is 0 Å². The molecule has 0 N–H and O–H groups in total. The quantitative estimate of drug-likeness (QED) is 0.274. The molecule has 0 fully saturated rings. The van der Waals surface area contributed by atoms with Crippen molar-refractivity contribution in [3.8, 4) is 0 Å². The minimum absolute atomic E-state index is 0. The molecule has 0 aromatic heterocycles. The van der Waals surface area contributed by atoms with Crippen LogP contribution < -0.4 is 0 Å². The largest absolute Gasteiger partial charge is 0.159 e. The van der Waals surface area contributed by atoms with Gasteiger partial charge in [0.25, 0.3) is 0 Å². The molecule has 0 heterocycles. The van der Waals surface area contributed by atoms with E-state index in [9.17, 15) is 0 Å². The summed E-state index contributed by atoms with van der Waals surface area (Å²) in [4.78, 5) is 0. The van der Waals surface area contributed by atoms with E-state index >= 15 is 0 Å². The molecule has 0 aliphatic rings. The molecule has 0 rings (SSSR count). The number of hydrogen-bond donors (Lipinski definition) is 0. The maximum atomic E-state index is 2.56. The Balaban J connectivity index is -0.00000000500. The van der Waals surface area contributed by atoms with Crippen LogP contribution in [-0.4, -0.2) is 28.8 Å². The summed E-state index contributed by atoms with van der Waals surface area (Å²) < 4.78 is 0. The van der Waals surface area contributed by atoms with Crippen LogP contribution in [0.2, 0.25) is 0 Å². The van der Waals surface area contributed by atoms with Crippen molar-refractivity contribution in [2.24, 2.45) is 0 Å². The smallest absolute Gasteiger partial charge is 0.0252 e. The first-order valence-electron chi connectivity index (χ1n) is 0.577. The molecule has 1 atom stereocenters. The Bertz CT molecular complexity index is 8.00. The Labute approximate surface area is 54.6 Å². The van der Waals surface area contributed by atoms with Gasteiger partial charge in [-0.3, -0.25) is 0 Å². The van der Waals surface area contributed by atoms with Crippen molar-refractivity contribution in [1.29, 1.82) is 0 Å². The maximum Gasteiger partial charge on any atom is 0.0252 e. The number of rotatable bonds is 0. The van der Waals surface area contributed by atoms with Crippen molar-refractivity contribution >= 4 is 37.6 Å². The second-order valence-corrected chi connectivity index (χ2v) is 0. The average molecular weight is 127 g/mol. The van der Waals surface area contributed by atoms with Crippen LogP contribution in [0.3, 0.4) is 0 Å². The van der Waals surface area contributed by atoms with E-state index in [1.54, 1.807) is 0 Å². The molecule has 0 saturated carbocycles. The van der Waals surface area contributed by atoms with Crippen molar-refractivity contribution in [3.63, 3.8) is 0 Å². The fraction of sp³-hybridized carbons (Fsp3) is 0. The zero-order chi connectivity index (χ0) is 2.00. The van der Waals surface area contributed by atoms with Crippen molar-refractivity contribution in [2.75, 3.05) is 0 Å². The molecule has 0 bridgehead atoms. The molecule has 0 aliphatic heterocycles. The van der Waals surface area contributed by atoms with E-state index < -0.39 is 0 Å². The first kappa shape index (κ1) is 17.1. The Hall–Kier alpha value is 1.76. The Morgan fingerprint density at radius 1 is 1.25 bits per heavy atom. The van der Waals surface area contributed by atoms with Crippen molar-refractivity contribution in [2.45, 2.75) is 0 Å². The van der Waals surface area contributed by atoms with Gasteiger partial charge in [0.2, 0.25) is 0 Å². The molecule has 4 heavy (non-hydrogen) atoms. The van der Waals surface area contributed by atoms with E-state index in [0.29, 0.717) is 0 Å². The molecular weight excluding hydrogens is 121 g/mol. The minimum Gasteiger partial charge on any atom is -0.159 e. The van der Waals surface area contributed by atoms with Gasteiger partial charge in [0.1, 0.15) is 0 Å². The molecule has 0 aromatic rings. The number of hydrogen-bond acceptors (Lipinski definition) is 0. The molecule has 0 aliphatic carbocycles. The van der Waals surface area contributed by atoms with E-state index in [-0.39, 0.29) is 35.9 Å². The normalized spacial score (nSPS) is 2.25. The summed E-state index contributed by atoms with van der Waals surface area (Å²) in [6.07, 6.45) is 0. The maximum absolute atomic E-state index is 2.56. The minimum atomic E-state index is 0. The second kappa shape index (κ2) is 21.7. The first-order chi connectivity index (χ1) is 1.00. The average Bonchev–Trinajstić information content (AvgIpc) is 1.00. The predicted molar refractivity (Wildman–Crippen MR) is 26.8 cm³/mol. The third-order valence-corrected chi connectivity index (χ3v) is 0. The van der Waals surface area contributed by atoms with Crippen molar-refractivity contribution in [3.05, 3.63) is 0 Å². The van der Waals surface area contributed by atoms with Gasteiger partial charge in [-0.25, -0.2) is 0 Å². The van der Waals surface area contributed by atoms with Crippen molar-refractivity contribution in [1.82, 2.24) is 0 Å². The van der Waals surface area contributed by atoms with Crippen LogP contribution in [-0.2, 0) is 17.1 Å². The Morgan fingerprint density at radius 3 is 1.25 bits per heavy atom. The van der Waals surface area contributed by atoms with Crippen LogP contribution in [0.5, 0.6) is 0 Å². The van der Waals surface area contributed by atoms with Gasteiger partial charge >= 0.3 is 18.9 Å². The SMILES string of the molecule is [LiH].[Mn].[SiH3]P. The molecule has 1 unspecified atom stereocenters. The van der Waals surface area contributed by atoms with Crippen LogP contribution >= 0.6 is 8.79 Å². The standard InChI is InChI=1S/Li.Mn.H5PSi.H/c;;1-2;/h;;1H2,2H3;. The molecule has 0 amide bonds. The molecule has 0 spiro atoms. The zero-order valence-electron chi connectivity index (χ0n) is 1.96. The van der Waals surface area contributed by atoms with Gasteiger partial charge in [-0.2, -0.15) is 8.79 Å². The first-order valence-corrected chi connectivity index (χ1v) is 5.20. The van der Waals surface area contributed by atoms with Crippen LogP contribution in [0.25, 0.3) is 0 Å². The molecule has 4 heteroatoms. The monoisotopic (exact) mass is 127 g/mol. The van der Waals surface area contributed by atoms with E-state index in [0.717, 1.165) is 0 Å². The van der Waals surface area contributed by atoms with Crippen molar-refractivity contribution < 1.29 is 17.1 Å².